The Balaban J connectivity index is 1.34. The number of imidazole rings is 1. The van der Waals surface area contributed by atoms with E-state index in [-0.39, 0.29) is 11.9 Å². The molecule has 1 aliphatic carbocycles. The summed E-state index contributed by atoms with van der Waals surface area (Å²) < 4.78 is 12.6. The number of aliphatic hydroxyl groups is 2. The number of rotatable bonds is 6. The van der Waals surface area contributed by atoms with Crippen molar-refractivity contribution >= 4 is 34.6 Å². The first-order chi connectivity index (χ1) is 16.0. The molecule has 2 aliphatic rings. The van der Waals surface area contributed by atoms with Crippen LogP contribution in [0.15, 0.2) is 36.7 Å². The number of carbonyl (C=O) groups is 1. The number of aromatic nitrogens is 4. The van der Waals surface area contributed by atoms with Crippen LogP contribution in [0.2, 0.25) is 5.28 Å². The summed E-state index contributed by atoms with van der Waals surface area (Å²) >= 11 is 6.17. The maximum atomic E-state index is 12.2. The zero-order valence-electron chi connectivity index (χ0n) is 17.7. The molecule has 1 saturated heterocycles. The molecule has 33 heavy (non-hydrogen) atoms. The van der Waals surface area contributed by atoms with E-state index in [4.69, 9.17) is 21.1 Å². The Kier molecular flexibility index (Phi) is 6.15. The molecule has 3 heterocycles. The lowest BCUT2D eigenvalue weighted by molar-refractivity contribution is -0.0565. The van der Waals surface area contributed by atoms with Gasteiger partial charge < -0.3 is 25.0 Å². The molecule has 0 amide bonds. The number of hydrogen-bond donors (Lipinski definition) is 3. The molecule has 4 atom stereocenters. The van der Waals surface area contributed by atoms with E-state index in [1.54, 1.807) is 30.3 Å². The van der Waals surface area contributed by atoms with E-state index in [2.05, 4.69) is 20.3 Å². The summed E-state index contributed by atoms with van der Waals surface area (Å²) in [5.74, 6) is -0.0170. The van der Waals surface area contributed by atoms with Gasteiger partial charge in [0.1, 0.15) is 24.9 Å². The van der Waals surface area contributed by atoms with Crippen molar-refractivity contribution in [3.63, 3.8) is 0 Å². The van der Waals surface area contributed by atoms with Gasteiger partial charge in [-0.3, -0.25) is 4.57 Å². The first kappa shape index (κ1) is 22.0. The van der Waals surface area contributed by atoms with Gasteiger partial charge in [-0.15, -0.1) is 0 Å². The van der Waals surface area contributed by atoms with Crippen LogP contribution in [0.3, 0.4) is 0 Å². The molecule has 5 rings (SSSR count). The monoisotopic (exact) mass is 473 g/mol. The van der Waals surface area contributed by atoms with E-state index in [1.807, 2.05) is 0 Å². The van der Waals surface area contributed by atoms with Gasteiger partial charge in [0.15, 0.2) is 23.2 Å². The van der Waals surface area contributed by atoms with Crippen LogP contribution in [0.25, 0.3) is 11.2 Å². The third-order valence-electron chi connectivity index (χ3n) is 6.09. The van der Waals surface area contributed by atoms with E-state index >= 15 is 0 Å². The predicted octanol–water partition coefficient (Wildman–Crippen LogP) is 2.31. The molecule has 2 fully saturated rings. The van der Waals surface area contributed by atoms with Crippen LogP contribution in [0, 0.1) is 0 Å². The smallest absolute Gasteiger partial charge is 0.338 e. The van der Waals surface area contributed by atoms with Gasteiger partial charge in [0.2, 0.25) is 5.28 Å². The lowest BCUT2D eigenvalue weighted by Gasteiger charge is -2.17. The summed E-state index contributed by atoms with van der Waals surface area (Å²) in [5, 5.41) is 24.6. The van der Waals surface area contributed by atoms with Crippen molar-refractivity contribution in [3.05, 3.63) is 47.5 Å². The van der Waals surface area contributed by atoms with Crippen molar-refractivity contribution in [3.8, 4) is 0 Å². The van der Waals surface area contributed by atoms with E-state index in [9.17, 15) is 15.0 Å². The number of nitrogens with one attached hydrogen (secondary N) is 1. The second kappa shape index (κ2) is 9.22. The van der Waals surface area contributed by atoms with Crippen LogP contribution in [0.4, 0.5) is 5.82 Å². The summed E-state index contributed by atoms with van der Waals surface area (Å²) in [6.45, 7) is -0.223. The SMILES string of the molecule is O=C(OC[C@H]1O[C@@H](n2cnc3c(NC4CCCC4)nc(Cl)nc32)[C@H](O)[C@@H]1O)c1ccccc1. The van der Waals surface area contributed by atoms with Gasteiger partial charge in [-0.05, 0) is 36.6 Å². The summed E-state index contributed by atoms with van der Waals surface area (Å²) in [5.41, 5.74) is 1.25. The molecule has 1 aliphatic heterocycles. The lowest BCUT2D eigenvalue weighted by Crippen LogP contribution is -2.34. The molecule has 10 nitrogen and oxygen atoms in total. The second-order valence-corrected chi connectivity index (χ2v) is 8.64. The van der Waals surface area contributed by atoms with Crippen LogP contribution in [0.1, 0.15) is 42.3 Å². The number of halogens is 1. The van der Waals surface area contributed by atoms with Gasteiger partial charge in [-0.1, -0.05) is 31.0 Å². The first-order valence-corrected chi connectivity index (χ1v) is 11.3. The summed E-state index contributed by atoms with van der Waals surface area (Å²) in [6.07, 6.45) is 1.39. The Morgan fingerprint density at radius 2 is 1.94 bits per heavy atom. The fourth-order valence-electron chi connectivity index (χ4n) is 4.35. The van der Waals surface area contributed by atoms with Crippen molar-refractivity contribution in [1.82, 2.24) is 19.5 Å². The lowest BCUT2D eigenvalue weighted by atomic mass is 10.1. The average molecular weight is 474 g/mol. The molecule has 3 N–H and O–H groups in total. The minimum atomic E-state index is -1.29. The van der Waals surface area contributed by atoms with E-state index in [0.29, 0.717) is 28.6 Å². The Hall–Kier alpha value is -2.79. The highest BCUT2D eigenvalue weighted by Crippen LogP contribution is 2.34. The van der Waals surface area contributed by atoms with Crippen LogP contribution in [-0.4, -0.2) is 66.7 Å². The van der Waals surface area contributed by atoms with Crippen molar-refractivity contribution < 1.29 is 24.5 Å². The number of esters is 1. The average Bonchev–Trinajstić information content (AvgIpc) is 3.54. The molecular weight excluding hydrogens is 450 g/mol. The van der Waals surface area contributed by atoms with Crippen LogP contribution in [0.5, 0.6) is 0 Å². The molecule has 3 aromatic rings. The maximum Gasteiger partial charge on any atom is 0.338 e. The maximum absolute atomic E-state index is 12.2. The highest BCUT2D eigenvalue weighted by Gasteiger charge is 2.45. The van der Waals surface area contributed by atoms with Gasteiger partial charge in [0, 0.05) is 6.04 Å². The van der Waals surface area contributed by atoms with Crippen molar-refractivity contribution in [2.24, 2.45) is 0 Å². The Morgan fingerprint density at radius 3 is 2.70 bits per heavy atom. The second-order valence-electron chi connectivity index (χ2n) is 8.30. The number of nitrogens with zero attached hydrogens (tertiary/aromatic N) is 4. The number of carbonyl (C=O) groups excluding carboxylic acids is 1. The summed E-state index contributed by atoms with van der Waals surface area (Å²) in [6, 6.07) is 8.80. The summed E-state index contributed by atoms with van der Waals surface area (Å²) in [7, 11) is 0. The van der Waals surface area contributed by atoms with Gasteiger partial charge >= 0.3 is 5.97 Å². The van der Waals surface area contributed by atoms with Crippen molar-refractivity contribution in [2.75, 3.05) is 11.9 Å². The third kappa shape index (κ3) is 4.39. The molecule has 11 heteroatoms. The van der Waals surface area contributed by atoms with Gasteiger partial charge in [-0.25, -0.2) is 9.78 Å². The van der Waals surface area contributed by atoms with Crippen LogP contribution < -0.4 is 5.32 Å². The number of aliphatic hydroxyl groups excluding tert-OH is 2. The van der Waals surface area contributed by atoms with E-state index in [0.717, 1.165) is 25.7 Å². The number of benzene rings is 1. The highest BCUT2D eigenvalue weighted by atomic mass is 35.5. The molecule has 174 valence electrons. The third-order valence-corrected chi connectivity index (χ3v) is 6.26. The molecule has 2 aromatic heterocycles. The van der Waals surface area contributed by atoms with Gasteiger partial charge in [-0.2, -0.15) is 9.97 Å². The molecule has 1 aromatic carbocycles. The first-order valence-electron chi connectivity index (χ1n) is 10.9. The van der Waals surface area contributed by atoms with Crippen molar-refractivity contribution in [1.29, 1.82) is 0 Å². The topological polar surface area (TPSA) is 132 Å². The number of hydrogen-bond acceptors (Lipinski definition) is 9. The number of fused-ring (bicyclic) bond motifs is 1. The standard InChI is InChI=1S/C22H24ClN5O5/c23-22-26-18(25-13-8-4-5-9-13)15-19(27-22)28(11-24-15)20-17(30)16(29)14(33-20)10-32-21(31)12-6-2-1-3-7-12/h1-3,6-7,11,13-14,16-17,20,29-30H,4-5,8-10H2,(H,25,26,27)/t14-,16-,17-,20-/m1/s1. The number of ether oxygens (including phenoxy) is 2. The fourth-order valence-corrected chi connectivity index (χ4v) is 4.52. The van der Waals surface area contributed by atoms with Gasteiger partial charge in [0.05, 0.1) is 11.9 Å². The Bertz CT molecular complexity index is 1140. The minimum Gasteiger partial charge on any atom is -0.459 e. The zero-order valence-corrected chi connectivity index (χ0v) is 18.4. The molecule has 0 unspecified atom stereocenters. The Labute approximate surface area is 194 Å². The Morgan fingerprint density at radius 1 is 1.18 bits per heavy atom. The van der Waals surface area contributed by atoms with Gasteiger partial charge in [0.25, 0.3) is 0 Å². The quantitative estimate of drug-likeness (QED) is 0.364. The fraction of sp³-hybridized carbons (Fsp3) is 0.455. The molecule has 0 spiro atoms. The van der Waals surface area contributed by atoms with Crippen LogP contribution in [-0.2, 0) is 9.47 Å². The molecule has 1 saturated carbocycles. The zero-order chi connectivity index (χ0) is 22.9. The van der Waals surface area contributed by atoms with E-state index < -0.39 is 30.5 Å². The molecule has 0 radical (unpaired) electrons. The van der Waals surface area contributed by atoms with Crippen molar-refractivity contribution in [2.45, 2.75) is 56.3 Å². The minimum absolute atomic E-state index is 0.0334. The number of anilines is 1. The molecule has 0 bridgehead atoms. The predicted molar refractivity (Wildman–Crippen MR) is 119 cm³/mol. The molecular formula is C22H24ClN5O5. The van der Waals surface area contributed by atoms with Crippen LogP contribution >= 0.6 is 11.6 Å². The summed E-state index contributed by atoms with van der Waals surface area (Å²) in [4.78, 5) is 25.2. The highest BCUT2D eigenvalue weighted by molar-refractivity contribution is 6.28. The van der Waals surface area contributed by atoms with E-state index in [1.165, 1.54) is 10.9 Å². The normalized spacial score (nSPS) is 25.5. The largest absolute Gasteiger partial charge is 0.459 e.